The number of rotatable bonds is 4. The minimum Gasteiger partial charge on any atom is -0.269 e. The molecule has 1 aliphatic carbocycles. The van der Waals surface area contributed by atoms with Gasteiger partial charge in [-0.15, -0.1) is 0 Å². The van der Waals surface area contributed by atoms with Crippen LogP contribution in [0.4, 0.5) is 4.39 Å². The van der Waals surface area contributed by atoms with Gasteiger partial charge in [-0.25, -0.2) is 32.7 Å². The third-order valence-corrected chi connectivity index (χ3v) is 9.48. The second-order valence-electron chi connectivity index (χ2n) is 9.68. The minimum absolute atomic E-state index is 0.0155. The summed E-state index contributed by atoms with van der Waals surface area (Å²) in [7, 11) is -3.35. The van der Waals surface area contributed by atoms with Crippen molar-refractivity contribution >= 4 is 32.6 Å². The lowest BCUT2D eigenvalue weighted by atomic mass is 9.95. The maximum Gasteiger partial charge on any atom is 0.182 e. The number of aromatic nitrogens is 6. The zero-order valence-electron chi connectivity index (χ0n) is 19.8. The van der Waals surface area contributed by atoms with Gasteiger partial charge in [-0.3, -0.25) is 4.68 Å². The molecule has 186 valence electrons. The quantitative estimate of drug-likeness (QED) is 0.366. The van der Waals surface area contributed by atoms with Crippen molar-refractivity contribution in [2.75, 3.05) is 5.75 Å². The molecule has 1 saturated carbocycles. The zero-order valence-corrected chi connectivity index (χ0v) is 21.4. The minimum atomic E-state index is -3.35. The molecule has 0 unspecified atom stereocenters. The third kappa shape index (κ3) is 4.16. The average molecular weight is 527 g/mol. The van der Waals surface area contributed by atoms with Crippen LogP contribution in [0.3, 0.4) is 0 Å². The van der Waals surface area contributed by atoms with Crippen LogP contribution in [0.25, 0.3) is 22.4 Å². The van der Waals surface area contributed by atoms with E-state index in [1.807, 2.05) is 24.7 Å². The molecule has 1 saturated heterocycles. The van der Waals surface area contributed by atoms with E-state index in [4.69, 9.17) is 21.6 Å². The summed E-state index contributed by atoms with van der Waals surface area (Å²) < 4.78 is 43.0. The number of fused-ring (bicyclic) bond motifs is 1. The van der Waals surface area contributed by atoms with Crippen LogP contribution in [0.15, 0.2) is 30.6 Å². The highest BCUT2D eigenvalue weighted by atomic mass is 35.5. The molecule has 2 fully saturated rings. The number of hydrogen-bond acceptors (Lipinski definition) is 7. The number of hydrogen-bond donors (Lipinski definition) is 0. The first-order valence-corrected chi connectivity index (χ1v) is 14.0. The molecule has 6 rings (SSSR count). The van der Waals surface area contributed by atoms with Crippen molar-refractivity contribution in [2.45, 2.75) is 56.7 Å². The first-order valence-electron chi connectivity index (χ1n) is 11.9. The number of halogens is 2. The SMILES string of the molecule is Cc1nc2nc([C@@H]3CCS(=O)(=O)[C@H](c4cnn(C5CC5)c4)C3)nc(-c3ccc(Cl)cc3F)c2nc1C. The van der Waals surface area contributed by atoms with Gasteiger partial charge in [-0.1, -0.05) is 11.6 Å². The molecular formula is C25H24ClFN6O2S. The molecular weight excluding hydrogens is 503 g/mol. The Morgan fingerprint density at radius 2 is 1.83 bits per heavy atom. The van der Waals surface area contributed by atoms with Gasteiger partial charge in [0.1, 0.15) is 22.9 Å². The lowest BCUT2D eigenvalue weighted by Crippen LogP contribution is -2.27. The highest BCUT2D eigenvalue weighted by Crippen LogP contribution is 2.42. The van der Waals surface area contributed by atoms with Gasteiger partial charge in [0, 0.05) is 28.3 Å². The van der Waals surface area contributed by atoms with Crippen LogP contribution >= 0.6 is 11.6 Å². The Morgan fingerprint density at radius 1 is 1.06 bits per heavy atom. The Bertz CT molecular complexity index is 1620. The Labute approximate surface area is 212 Å². The lowest BCUT2D eigenvalue weighted by Gasteiger charge is -2.28. The predicted octanol–water partition coefficient (Wildman–Crippen LogP) is 5.06. The highest BCUT2D eigenvalue weighted by molar-refractivity contribution is 7.91. The molecule has 0 N–H and O–H groups in total. The van der Waals surface area contributed by atoms with Crippen LogP contribution in [-0.4, -0.2) is 43.9 Å². The monoisotopic (exact) mass is 526 g/mol. The van der Waals surface area contributed by atoms with Gasteiger partial charge >= 0.3 is 0 Å². The predicted molar refractivity (Wildman–Crippen MR) is 134 cm³/mol. The van der Waals surface area contributed by atoms with Crippen LogP contribution in [0.5, 0.6) is 0 Å². The van der Waals surface area contributed by atoms with E-state index in [-0.39, 0.29) is 22.3 Å². The third-order valence-electron chi connectivity index (χ3n) is 7.11. The van der Waals surface area contributed by atoms with Crippen LogP contribution in [0.2, 0.25) is 5.02 Å². The Balaban J connectivity index is 1.45. The smallest absolute Gasteiger partial charge is 0.182 e. The van der Waals surface area contributed by atoms with Crippen LogP contribution in [0.1, 0.15) is 65.7 Å². The molecule has 0 radical (unpaired) electrons. The first kappa shape index (κ1) is 23.4. The van der Waals surface area contributed by atoms with Crippen molar-refractivity contribution in [3.63, 3.8) is 0 Å². The number of aryl methyl sites for hydroxylation is 2. The van der Waals surface area contributed by atoms with Crippen LogP contribution < -0.4 is 0 Å². The zero-order chi connectivity index (χ0) is 25.2. The van der Waals surface area contributed by atoms with Crippen molar-refractivity contribution in [1.29, 1.82) is 0 Å². The van der Waals surface area contributed by atoms with Gasteiger partial charge in [0.15, 0.2) is 15.5 Å². The fourth-order valence-corrected chi connectivity index (χ4v) is 6.91. The average Bonchev–Trinajstić information content (AvgIpc) is 3.56. The maximum atomic E-state index is 15.0. The molecule has 0 amide bonds. The van der Waals surface area contributed by atoms with E-state index in [2.05, 4.69) is 15.1 Å². The van der Waals surface area contributed by atoms with E-state index in [0.29, 0.717) is 58.5 Å². The van der Waals surface area contributed by atoms with E-state index < -0.39 is 20.9 Å². The Morgan fingerprint density at radius 3 is 2.58 bits per heavy atom. The van der Waals surface area contributed by atoms with Gasteiger partial charge in [0.05, 0.1) is 34.6 Å². The normalized spacial score (nSPS) is 21.7. The summed E-state index contributed by atoms with van der Waals surface area (Å²) in [6.45, 7) is 3.67. The largest absolute Gasteiger partial charge is 0.269 e. The molecule has 3 aromatic heterocycles. The van der Waals surface area contributed by atoms with E-state index in [1.165, 1.54) is 6.07 Å². The molecule has 4 heterocycles. The summed E-state index contributed by atoms with van der Waals surface area (Å²) in [4.78, 5) is 18.7. The number of benzene rings is 1. The van der Waals surface area contributed by atoms with Crippen molar-refractivity contribution in [3.8, 4) is 11.3 Å². The molecule has 0 spiro atoms. The molecule has 36 heavy (non-hydrogen) atoms. The standard InChI is InChI=1S/C25H24ClFN6O2S/c1-13-14(2)30-25-23(29-13)22(19-6-3-17(26)10-20(19)27)31-24(32-25)15-7-8-36(34,35)21(9-15)16-11-28-33(12-16)18-4-5-18/h3,6,10-12,15,18,21H,4-5,7-9H2,1-2H3/t15-,21+/m1/s1. The highest BCUT2D eigenvalue weighted by Gasteiger charge is 2.39. The Kier molecular flexibility index (Phi) is 5.56. The number of sulfone groups is 1. The lowest BCUT2D eigenvalue weighted by molar-refractivity contribution is 0.498. The van der Waals surface area contributed by atoms with Gasteiger partial charge < -0.3 is 0 Å². The Hall–Kier alpha value is -2.98. The summed E-state index contributed by atoms with van der Waals surface area (Å²) in [6.07, 6.45) is 6.35. The van der Waals surface area contributed by atoms with Gasteiger partial charge in [0.2, 0.25) is 0 Å². The summed E-state index contributed by atoms with van der Waals surface area (Å²) in [5.41, 5.74) is 3.44. The fourth-order valence-electron chi connectivity index (χ4n) is 4.79. The molecule has 11 heteroatoms. The second kappa shape index (κ2) is 8.55. The molecule has 0 bridgehead atoms. The van der Waals surface area contributed by atoms with E-state index in [0.717, 1.165) is 12.8 Å². The molecule has 1 aliphatic heterocycles. The molecule has 2 atom stereocenters. The number of nitrogens with zero attached hydrogens (tertiary/aromatic N) is 6. The van der Waals surface area contributed by atoms with Gasteiger partial charge in [-0.2, -0.15) is 5.10 Å². The van der Waals surface area contributed by atoms with Crippen molar-refractivity contribution in [2.24, 2.45) is 0 Å². The van der Waals surface area contributed by atoms with E-state index in [9.17, 15) is 12.8 Å². The maximum absolute atomic E-state index is 15.0. The van der Waals surface area contributed by atoms with Crippen molar-refractivity contribution in [3.05, 3.63) is 64.2 Å². The van der Waals surface area contributed by atoms with E-state index in [1.54, 1.807) is 18.3 Å². The topological polar surface area (TPSA) is 104 Å². The van der Waals surface area contributed by atoms with E-state index >= 15 is 0 Å². The van der Waals surface area contributed by atoms with Gasteiger partial charge in [-0.05, 0) is 57.7 Å². The van der Waals surface area contributed by atoms with Crippen LogP contribution in [0, 0.1) is 19.7 Å². The summed E-state index contributed by atoms with van der Waals surface area (Å²) >= 11 is 5.98. The second-order valence-corrected chi connectivity index (χ2v) is 12.4. The van der Waals surface area contributed by atoms with Crippen molar-refractivity contribution in [1.82, 2.24) is 29.7 Å². The fraction of sp³-hybridized carbons (Fsp3) is 0.400. The molecule has 8 nitrogen and oxygen atoms in total. The molecule has 2 aliphatic rings. The summed E-state index contributed by atoms with van der Waals surface area (Å²) in [5.74, 6) is -0.310. The summed E-state index contributed by atoms with van der Waals surface area (Å²) in [6, 6.07) is 4.77. The van der Waals surface area contributed by atoms with Crippen LogP contribution in [-0.2, 0) is 9.84 Å². The molecule has 1 aromatic carbocycles. The van der Waals surface area contributed by atoms with Crippen molar-refractivity contribution < 1.29 is 12.8 Å². The molecule has 4 aromatic rings. The van der Waals surface area contributed by atoms with Gasteiger partial charge in [0.25, 0.3) is 0 Å². The summed E-state index contributed by atoms with van der Waals surface area (Å²) in [5, 5.41) is 3.98. The first-order chi connectivity index (χ1) is 17.2.